The van der Waals surface area contributed by atoms with Gasteiger partial charge >= 0.3 is 0 Å². The van der Waals surface area contributed by atoms with E-state index in [0.29, 0.717) is 24.2 Å². The van der Waals surface area contributed by atoms with E-state index in [9.17, 15) is 9.18 Å². The Morgan fingerprint density at radius 1 is 1.59 bits per heavy atom. The van der Waals surface area contributed by atoms with Crippen molar-refractivity contribution in [2.45, 2.75) is 13.3 Å². The van der Waals surface area contributed by atoms with Gasteiger partial charge in [0.2, 0.25) is 5.91 Å². The van der Waals surface area contributed by atoms with E-state index in [1.807, 2.05) is 0 Å². The van der Waals surface area contributed by atoms with Crippen LogP contribution in [0.4, 0.5) is 10.1 Å². The van der Waals surface area contributed by atoms with Crippen molar-refractivity contribution in [3.05, 3.63) is 28.5 Å². The fourth-order valence-electron chi connectivity index (χ4n) is 1.90. The number of anilines is 1. The average molecular weight is 252 g/mol. The molecule has 17 heavy (non-hydrogen) atoms. The minimum absolute atomic E-state index is 0.0686. The van der Waals surface area contributed by atoms with E-state index < -0.39 is 0 Å². The molecule has 1 saturated heterocycles. The van der Waals surface area contributed by atoms with Crippen molar-refractivity contribution < 1.29 is 9.18 Å². The predicted octanol–water partition coefficient (Wildman–Crippen LogP) is 2.77. The summed E-state index contributed by atoms with van der Waals surface area (Å²) in [5.74, 6) is 2.02. The fourth-order valence-corrected chi connectivity index (χ4v) is 2.15. The number of terminal acetylenes is 1. The lowest BCUT2D eigenvalue weighted by Crippen LogP contribution is -2.24. The highest BCUT2D eigenvalue weighted by atomic mass is 35.5. The molecule has 1 fully saturated rings. The zero-order valence-corrected chi connectivity index (χ0v) is 10.1. The summed E-state index contributed by atoms with van der Waals surface area (Å²) in [5, 5.41) is 0.235. The summed E-state index contributed by atoms with van der Waals surface area (Å²) in [4.78, 5) is 13.3. The molecule has 0 aromatic heterocycles. The Morgan fingerprint density at radius 2 is 2.29 bits per heavy atom. The summed E-state index contributed by atoms with van der Waals surface area (Å²) in [6.45, 7) is 2.08. The van der Waals surface area contributed by atoms with Gasteiger partial charge in [-0.1, -0.05) is 11.6 Å². The van der Waals surface area contributed by atoms with Crippen molar-refractivity contribution in [2.75, 3.05) is 11.4 Å². The molecule has 88 valence electrons. The second-order valence-electron chi connectivity index (χ2n) is 4.12. The SMILES string of the molecule is C#CC1CC(=O)N(c2cc(C)c(F)cc2Cl)C1. The third-order valence-corrected chi connectivity index (χ3v) is 3.18. The first-order valence-corrected chi connectivity index (χ1v) is 5.63. The third-order valence-electron chi connectivity index (χ3n) is 2.88. The van der Waals surface area contributed by atoms with Gasteiger partial charge in [0.05, 0.1) is 10.7 Å². The highest BCUT2D eigenvalue weighted by Crippen LogP contribution is 2.32. The largest absolute Gasteiger partial charge is 0.310 e. The normalized spacial score (nSPS) is 19.5. The summed E-state index contributed by atoms with van der Waals surface area (Å²) in [7, 11) is 0. The summed E-state index contributed by atoms with van der Waals surface area (Å²) in [5.41, 5.74) is 0.995. The van der Waals surface area contributed by atoms with Crippen LogP contribution in [0.1, 0.15) is 12.0 Å². The Balaban J connectivity index is 2.39. The standard InChI is InChI=1S/C13H11ClFNO/c1-3-9-5-13(17)16(7-9)12-4-8(2)11(15)6-10(12)14/h1,4,6,9H,5,7H2,2H3. The topological polar surface area (TPSA) is 20.3 Å². The van der Waals surface area contributed by atoms with Crippen molar-refractivity contribution in [1.29, 1.82) is 0 Å². The van der Waals surface area contributed by atoms with E-state index in [0.717, 1.165) is 0 Å². The van der Waals surface area contributed by atoms with Gasteiger partial charge in [0.15, 0.2) is 0 Å². The lowest BCUT2D eigenvalue weighted by atomic mass is 10.1. The number of carbonyl (C=O) groups is 1. The van der Waals surface area contributed by atoms with Crippen LogP contribution < -0.4 is 4.90 Å². The summed E-state index contributed by atoms with van der Waals surface area (Å²) in [6.07, 6.45) is 5.63. The molecule has 0 N–H and O–H groups in total. The van der Waals surface area contributed by atoms with Crippen molar-refractivity contribution in [3.63, 3.8) is 0 Å². The molecule has 1 aromatic rings. The molecule has 2 nitrogen and oxygen atoms in total. The fraction of sp³-hybridized carbons (Fsp3) is 0.308. The van der Waals surface area contributed by atoms with Gasteiger partial charge in [0, 0.05) is 18.9 Å². The Hall–Kier alpha value is -1.53. The molecule has 2 rings (SSSR count). The highest BCUT2D eigenvalue weighted by Gasteiger charge is 2.30. The predicted molar refractivity (Wildman–Crippen MR) is 65.4 cm³/mol. The maximum absolute atomic E-state index is 13.3. The number of carbonyl (C=O) groups excluding carboxylic acids is 1. The molecule has 1 atom stereocenters. The molecule has 4 heteroatoms. The third kappa shape index (κ3) is 2.13. The van der Waals surface area contributed by atoms with Crippen LogP contribution in [0.3, 0.4) is 0 Å². The summed E-state index contributed by atoms with van der Waals surface area (Å²) in [6, 6.07) is 2.80. The molecule has 1 heterocycles. The Morgan fingerprint density at radius 3 is 2.88 bits per heavy atom. The van der Waals surface area contributed by atoms with Crippen molar-refractivity contribution in [3.8, 4) is 12.3 Å². The van der Waals surface area contributed by atoms with Crippen LogP contribution in [0.2, 0.25) is 5.02 Å². The minimum Gasteiger partial charge on any atom is -0.310 e. The monoisotopic (exact) mass is 251 g/mol. The molecule has 1 amide bonds. The van der Waals surface area contributed by atoms with Crippen LogP contribution in [-0.4, -0.2) is 12.5 Å². The number of benzene rings is 1. The quantitative estimate of drug-likeness (QED) is 0.703. The van der Waals surface area contributed by atoms with Crippen LogP contribution in [0.15, 0.2) is 12.1 Å². The van der Waals surface area contributed by atoms with Crippen molar-refractivity contribution in [2.24, 2.45) is 5.92 Å². The molecule has 0 bridgehead atoms. The van der Waals surface area contributed by atoms with E-state index in [2.05, 4.69) is 5.92 Å². The van der Waals surface area contributed by atoms with E-state index in [-0.39, 0.29) is 22.7 Å². The van der Waals surface area contributed by atoms with E-state index in [1.54, 1.807) is 13.0 Å². The summed E-state index contributed by atoms with van der Waals surface area (Å²) >= 11 is 5.95. The van der Waals surface area contributed by atoms with Gasteiger partial charge in [-0.3, -0.25) is 4.79 Å². The number of hydrogen-bond acceptors (Lipinski definition) is 1. The van der Waals surface area contributed by atoms with Crippen molar-refractivity contribution in [1.82, 2.24) is 0 Å². The van der Waals surface area contributed by atoms with Gasteiger partial charge in [-0.05, 0) is 24.6 Å². The number of nitrogens with zero attached hydrogens (tertiary/aromatic N) is 1. The Bertz CT molecular complexity index is 521. The molecule has 0 saturated carbocycles. The molecule has 1 unspecified atom stereocenters. The van der Waals surface area contributed by atoms with Crippen LogP contribution in [0.25, 0.3) is 0 Å². The molecular formula is C13H11ClFNO. The van der Waals surface area contributed by atoms with Crippen molar-refractivity contribution >= 4 is 23.2 Å². The van der Waals surface area contributed by atoms with Gasteiger partial charge in [-0.2, -0.15) is 0 Å². The van der Waals surface area contributed by atoms with E-state index in [4.69, 9.17) is 18.0 Å². The molecular weight excluding hydrogens is 241 g/mol. The second kappa shape index (κ2) is 4.38. The number of hydrogen-bond donors (Lipinski definition) is 0. The van der Waals surface area contributed by atoms with Gasteiger partial charge < -0.3 is 4.90 Å². The number of amides is 1. The Labute approximate surface area is 104 Å². The number of halogens is 2. The molecule has 0 radical (unpaired) electrons. The van der Waals surface area contributed by atoms with Crippen LogP contribution in [-0.2, 0) is 4.79 Å². The highest BCUT2D eigenvalue weighted by molar-refractivity contribution is 6.33. The van der Waals surface area contributed by atoms with Gasteiger partial charge in [0.1, 0.15) is 5.82 Å². The molecule has 1 aliphatic heterocycles. The van der Waals surface area contributed by atoms with Crippen LogP contribution >= 0.6 is 11.6 Å². The first-order chi connectivity index (χ1) is 8.02. The van der Waals surface area contributed by atoms with E-state index >= 15 is 0 Å². The van der Waals surface area contributed by atoms with Gasteiger partial charge in [-0.25, -0.2) is 4.39 Å². The maximum atomic E-state index is 13.3. The first kappa shape index (κ1) is 11.9. The van der Waals surface area contributed by atoms with Gasteiger partial charge in [0.25, 0.3) is 0 Å². The first-order valence-electron chi connectivity index (χ1n) is 5.25. The molecule has 0 spiro atoms. The Kier molecular flexibility index (Phi) is 3.08. The lowest BCUT2D eigenvalue weighted by molar-refractivity contribution is -0.117. The molecule has 0 aliphatic carbocycles. The van der Waals surface area contributed by atoms with Gasteiger partial charge in [-0.15, -0.1) is 12.3 Å². The van der Waals surface area contributed by atoms with E-state index in [1.165, 1.54) is 11.0 Å². The van der Waals surface area contributed by atoms with Crippen LogP contribution in [0.5, 0.6) is 0 Å². The molecule has 1 aromatic carbocycles. The average Bonchev–Trinajstić information content (AvgIpc) is 2.65. The number of rotatable bonds is 1. The lowest BCUT2D eigenvalue weighted by Gasteiger charge is -2.18. The second-order valence-corrected chi connectivity index (χ2v) is 4.53. The molecule has 1 aliphatic rings. The smallest absolute Gasteiger partial charge is 0.228 e. The van der Waals surface area contributed by atoms with Crippen LogP contribution in [0, 0.1) is 31.0 Å². The minimum atomic E-state index is -0.376. The zero-order valence-electron chi connectivity index (χ0n) is 9.34. The summed E-state index contributed by atoms with van der Waals surface area (Å²) < 4.78 is 13.3. The maximum Gasteiger partial charge on any atom is 0.228 e. The number of aryl methyl sites for hydroxylation is 1. The zero-order chi connectivity index (χ0) is 12.6.